The lowest BCUT2D eigenvalue weighted by atomic mass is 9.99. The summed E-state index contributed by atoms with van der Waals surface area (Å²) >= 11 is 5.89. The summed E-state index contributed by atoms with van der Waals surface area (Å²) < 4.78 is 5.79. The van der Waals surface area contributed by atoms with Crippen LogP contribution in [0.2, 0.25) is 5.02 Å². The van der Waals surface area contributed by atoms with Gasteiger partial charge in [0.1, 0.15) is 11.5 Å². The molecule has 1 aromatic carbocycles. The van der Waals surface area contributed by atoms with Crippen molar-refractivity contribution in [3.8, 4) is 11.5 Å². The van der Waals surface area contributed by atoms with Gasteiger partial charge in [0.15, 0.2) is 0 Å². The van der Waals surface area contributed by atoms with E-state index in [9.17, 15) is 9.90 Å². The van der Waals surface area contributed by atoms with Crippen LogP contribution in [-0.4, -0.2) is 35.7 Å². The van der Waals surface area contributed by atoms with Gasteiger partial charge in [0, 0.05) is 11.2 Å². The maximum atomic E-state index is 12.4. The Labute approximate surface area is 151 Å². The van der Waals surface area contributed by atoms with Gasteiger partial charge in [0.2, 0.25) is 0 Å². The number of aromatic hydroxyl groups is 1. The number of carbonyl (C=O) groups is 1. The number of nitrogens with zero attached hydrogens (tertiary/aromatic N) is 1. The second kappa shape index (κ2) is 8.18. The smallest absolute Gasteiger partial charge is 0.257 e. The Balaban J connectivity index is 1.63. The normalized spacial score (nSPS) is 14.9. The van der Waals surface area contributed by atoms with Crippen LogP contribution in [0.1, 0.15) is 23.2 Å². The lowest BCUT2D eigenvalue weighted by Gasteiger charge is -2.22. The number of amides is 1. The number of aromatic nitrogens is 1. The number of rotatable bonds is 5. The van der Waals surface area contributed by atoms with Crippen LogP contribution in [0.15, 0.2) is 36.7 Å². The zero-order chi connectivity index (χ0) is 17.6. The Morgan fingerprint density at radius 2 is 2.12 bits per heavy atom. The summed E-state index contributed by atoms with van der Waals surface area (Å²) in [5.74, 6) is 0.630. The molecule has 0 spiro atoms. The average molecular weight is 362 g/mol. The van der Waals surface area contributed by atoms with Crippen molar-refractivity contribution in [3.05, 3.63) is 47.2 Å². The first kappa shape index (κ1) is 17.5. The van der Waals surface area contributed by atoms with Crippen molar-refractivity contribution >= 4 is 23.2 Å². The number of phenolic OH excluding ortho intramolecular Hbond substituents is 1. The quantitative estimate of drug-likeness (QED) is 0.713. The maximum absolute atomic E-state index is 12.4. The summed E-state index contributed by atoms with van der Waals surface area (Å²) in [6.45, 7) is 2.64. The summed E-state index contributed by atoms with van der Waals surface area (Å²) in [5, 5.41) is 16.2. The second-order valence-electron chi connectivity index (χ2n) is 6.03. The molecule has 6 nitrogen and oxygen atoms in total. The minimum Gasteiger partial charge on any atom is -0.506 e. The lowest BCUT2D eigenvalue weighted by Crippen LogP contribution is -2.30. The Kier molecular flexibility index (Phi) is 5.73. The minimum atomic E-state index is -0.391. The van der Waals surface area contributed by atoms with Crippen LogP contribution in [0.25, 0.3) is 0 Å². The molecule has 1 aliphatic heterocycles. The van der Waals surface area contributed by atoms with E-state index < -0.39 is 5.91 Å². The molecular weight excluding hydrogens is 342 g/mol. The predicted octanol–water partition coefficient (Wildman–Crippen LogP) is 3.07. The summed E-state index contributed by atoms with van der Waals surface area (Å²) in [4.78, 5) is 16.4. The first-order valence-corrected chi connectivity index (χ1v) is 8.58. The standard InChI is InChI=1S/C18H20ClN3O3/c19-14-1-2-17(23)16(8-14)22-18(24)13-7-15(10-21-9-13)25-11-12-3-5-20-6-4-12/h1-2,7-10,12,20,23H,3-6,11H2,(H,22,24). The molecule has 2 heterocycles. The van der Waals surface area contributed by atoms with E-state index in [0.717, 1.165) is 25.9 Å². The van der Waals surface area contributed by atoms with E-state index in [-0.39, 0.29) is 11.4 Å². The van der Waals surface area contributed by atoms with Crippen LogP contribution in [0.5, 0.6) is 11.5 Å². The van der Waals surface area contributed by atoms with E-state index in [4.69, 9.17) is 16.3 Å². The third kappa shape index (κ3) is 4.84. The first-order valence-electron chi connectivity index (χ1n) is 8.20. The molecule has 1 amide bonds. The second-order valence-corrected chi connectivity index (χ2v) is 6.47. The van der Waals surface area contributed by atoms with Gasteiger partial charge >= 0.3 is 0 Å². The number of hydrogen-bond donors (Lipinski definition) is 3. The number of halogens is 1. The van der Waals surface area contributed by atoms with Gasteiger partial charge in [-0.1, -0.05) is 11.6 Å². The van der Waals surface area contributed by atoms with Crippen LogP contribution in [-0.2, 0) is 0 Å². The van der Waals surface area contributed by atoms with Crippen molar-refractivity contribution in [2.75, 3.05) is 25.0 Å². The van der Waals surface area contributed by atoms with Gasteiger partial charge in [0.25, 0.3) is 5.91 Å². The number of carbonyl (C=O) groups excluding carboxylic acids is 1. The average Bonchev–Trinajstić information content (AvgIpc) is 2.64. The fraction of sp³-hybridized carbons (Fsp3) is 0.333. The highest BCUT2D eigenvalue weighted by molar-refractivity contribution is 6.31. The zero-order valence-corrected chi connectivity index (χ0v) is 14.4. The SMILES string of the molecule is O=C(Nc1cc(Cl)ccc1O)c1cncc(OCC2CCNCC2)c1. The highest BCUT2D eigenvalue weighted by Gasteiger charge is 2.15. The summed E-state index contributed by atoms with van der Waals surface area (Å²) in [6.07, 6.45) is 5.21. The van der Waals surface area contributed by atoms with Crippen LogP contribution in [0.4, 0.5) is 5.69 Å². The van der Waals surface area contributed by atoms with Crippen LogP contribution in [0, 0.1) is 5.92 Å². The van der Waals surface area contributed by atoms with E-state index in [2.05, 4.69) is 15.6 Å². The molecule has 1 saturated heterocycles. The van der Waals surface area contributed by atoms with Gasteiger partial charge < -0.3 is 20.5 Å². The van der Waals surface area contributed by atoms with Crippen molar-refractivity contribution in [3.63, 3.8) is 0 Å². The Morgan fingerprint density at radius 3 is 2.92 bits per heavy atom. The highest BCUT2D eigenvalue weighted by Crippen LogP contribution is 2.27. The molecule has 3 N–H and O–H groups in total. The van der Waals surface area contributed by atoms with Crippen molar-refractivity contribution in [2.24, 2.45) is 5.92 Å². The molecule has 0 unspecified atom stereocenters. The Bertz CT molecular complexity index is 748. The highest BCUT2D eigenvalue weighted by atomic mass is 35.5. The molecule has 0 aliphatic carbocycles. The third-order valence-electron chi connectivity index (χ3n) is 4.13. The molecule has 0 atom stereocenters. The number of benzene rings is 1. The number of anilines is 1. The van der Waals surface area contributed by atoms with Gasteiger partial charge in [-0.3, -0.25) is 9.78 Å². The Hall–Kier alpha value is -2.31. The van der Waals surface area contributed by atoms with Crippen LogP contribution < -0.4 is 15.4 Å². The van der Waals surface area contributed by atoms with Crippen molar-refractivity contribution in [1.29, 1.82) is 0 Å². The van der Waals surface area contributed by atoms with Gasteiger partial charge in [-0.05, 0) is 56.1 Å². The van der Waals surface area contributed by atoms with E-state index >= 15 is 0 Å². The molecule has 3 rings (SSSR count). The number of hydrogen-bond acceptors (Lipinski definition) is 5. The third-order valence-corrected chi connectivity index (χ3v) is 4.36. The molecule has 0 radical (unpaired) electrons. The van der Waals surface area contributed by atoms with Gasteiger partial charge in [0.05, 0.1) is 24.1 Å². The van der Waals surface area contributed by atoms with Crippen molar-refractivity contribution in [1.82, 2.24) is 10.3 Å². The molecule has 1 aromatic heterocycles. The van der Waals surface area contributed by atoms with Crippen molar-refractivity contribution in [2.45, 2.75) is 12.8 Å². The monoisotopic (exact) mass is 361 g/mol. The van der Waals surface area contributed by atoms with Gasteiger partial charge in [-0.25, -0.2) is 0 Å². The van der Waals surface area contributed by atoms with Crippen LogP contribution in [0.3, 0.4) is 0 Å². The first-order chi connectivity index (χ1) is 12.1. The minimum absolute atomic E-state index is 0.0518. The zero-order valence-electron chi connectivity index (χ0n) is 13.7. The molecule has 7 heteroatoms. The van der Waals surface area contributed by atoms with Crippen LogP contribution >= 0.6 is 11.6 Å². The molecule has 1 aliphatic rings. The summed E-state index contributed by atoms with van der Waals surface area (Å²) in [7, 11) is 0. The number of nitrogens with one attached hydrogen (secondary N) is 2. The molecule has 2 aromatic rings. The maximum Gasteiger partial charge on any atom is 0.257 e. The number of piperidine rings is 1. The molecule has 0 saturated carbocycles. The summed E-state index contributed by atoms with van der Waals surface area (Å²) in [6, 6.07) is 6.10. The fourth-order valence-corrected chi connectivity index (χ4v) is 2.86. The molecule has 132 valence electrons. The molecular formula is C18H20ClN3O3. The number of ether oxygens (including phenoxy) is 1. The van der Waals surface area contributed by atoms with Crippen molar-refractivity contribution < 1.29 is 14.6 Å². The molecule has 25 heavy (non-hydrogen) atoms. The Morgan fingerprint density at radius 1 is 1.32 bits per heavy atom. The van der Waals surface area contributed by atoms with Gasteiger partial charge in [-0.15, -0.1) is 0 Å². The number of phenols is 1. The molecule has 0 bridgehead atoms. The predicted molar refractivity (Wildman–Crippen MR) is 96.4 cm³/mol. The summed E-state index contributed by atoms with van der Waals surface area (Å²) in [5.41, 5.74) is 0.598. The topological polar surface area (TPSA) is 83.5 Å². The fourth-order valence-electron chi connectivity index (χ4n) is 2.69. The number of pyridine rings is 1. The van der Waals surface area contributed by atoms with Gasteiger partial charge in [-0.2, -0.15) is 0 Å². The largest absolute Gasteiger partial charge is 0.506 e. The molecule has 1 fully saturated rings. The van der Waals surface area contributed by atoms with E-state index in [1.54, 1.807) is 18.3 Å². The van der Waals surface area contributed by atoms with E-state index in [1.165, 1.54) is 18.3 Å². The van der Waals surface area contributed by atoms with E-state index in [1.807, 2.05) is 0 Å². The van der Waals surface area contributed by atoms with E-state index in [0.29, 0.717) is 28.9 Å². The lowest BCUT2D eigenvalue weighted by molar-refractivity contribution is 0.102.